The monoisotopic (exact) mass is 439 g/mol. The number of benzene rings is 2. The van der Waals surface area contributed by atoms with E-state index in [0.717, 1.165) is 23.3 Å². The first-order valence-corrected chi connectivity index (χ1v) is 10.6. The lowest BCUT2D eigenvalue weighted by Crippen LogP contribution is -2.19. The molecule has 1 aromatic heterocycles. The molecule has 0 aliphatic rings. The van der Waals surface area contributed by atoms with Crippen LogP contribution in [0.25, 0.3) is 0 Å². The number of nitrogens with one attached hydrogen (secondary N) is 1. The van der Waals surface area contributed by atoms with Gasteiger partial charge in [0.25, 0.3) is 0 Å². The molecule has 3 N–H and O–H groups in total. The van der Waals surface area contributed by atoms with Gasteiger partial charge in [0.2, 0.25) is 11.0 Å². The second-order valence-corrected chi connectivity index (χ2v) is 7.88. The van der Waals surface area contributed by atoms with Crippen LogP contribution in [0, 0.1) is 13.8 Å². The average Bonchev–Trinajstić information content (AvgIpc) is 3.16. The Morgan fingerprint density at radius 2 is 1.84 bits per heavy atom. The SMILES string of the molecule is Cc1cccc(OCCCOc2ccccc2/C=N\NC(=O)Cc2nnc(N)s2)c1C. The number of carbonyl (C=O) groups excluding carboxylic acids is 1. The molecule has 0 aliphatic heterocycles. The van der Waals surface area contributed by atoms with Gasteiger partial charge in [-0.3, -0.25) is 4.79 Å². The summed E-state index contributed by atoms with van der Waals surface area (Å²) >= 11 is 1.17. The lowest BCUT2D eigenvalue weighted by atomic mass is 10.1. The molecule has 3 rings (SSSR count). The number of aryl methyl sites for hydroxylation is 1. The van der Waals surface area contributed by atoms with Gasteiger partial charge in [-0.15, -0.1) is 10.2 Å². The molecule has 162 valence electrons. The molecular formula is C22H25N5O3S. The minimum Gasteiger partial charge on any atom is -0.493 e. The molecule has 8 nitrogen and oxygen atoms in total. The van der Waals surface area contributed by atoms with Gasteiger partial charge >= 0.3 is 0 Å². The molecule has 0 atom stereocenters. The van der Waals surface area contributed by atoms with E-state index in [1.807, 2.05) is 36.4 Å². The summed E-state index contributed by atoms with van der Waals surface area (Å²) in [5.41, 5.74) is 11.1. The summed E-state index contributed by atoms with van der Waals surface area (Å²) in [6.45, 7) is 5.19. The van der Waals surface area contributed by atoms with Crippen molar-refractivity contribution < 1.29 is 14.3 Å². The zero-order valence-corrected chi connectivity index (χ0v) is 18.3. The van der Waals surface area contributed by atoms with Gasteiger partial charge in [0.1, 0.15) is 16.5 Å². The van der Waals surface area contributed by atoms with E-state index in [9.17, 15) is 4.79 Å². The van der Waals surface area contributed by atoms with Gasteiger partial charge in [-0.2, -0.15) is 5.10 Å². The minimum absolute atomic E-state index is 0.0742. The molecule has 1 heterocycles. The van der Waals surface area contributed by atoms with Crippen molar-refractivity contribution in [1.29, 1.82) is 0 Å². The Kier molecular flexibility index (Phi) is 7.94. The van der Waals surface area contributed by atoms with Gasteiger partial charge in [-0.1, -0.05) is 35.6 Å². The molecule has 1 amide bonds. The number of anilines is 1. The number of hydrogen-bond donors (Lipinski definition) is 2. The Morgan fingerprint density at radius 3 is 2.61 bits per heavy atom. The Bertz CT molecular complexity index is 1050. The maximum Gasteiger partial charge on any atom is 0.247 e. The zero-order chi connectivity index (χ0) is 22.1. The van der Waals surface area contributed by atoms with E-state index in [2.05, 4.69) is 40.6 Å². The zero-order valence-electron chi connectivity index (χ0n) is 17.5. The highest BCUT2D eigenvalue weighted by atomic mass is 32.1. The summed E-state index contributed by atoms with van der Waals surface area (Å²) in [7, 11) is 0. The maximum atomic E-state index is 11.9. The van der Waals surface area contributed by atoms with Gasteiger partial charge < -0.3 is 15.2 Å². The van der Waals surface area contributed by atoms with Crippen LogP contribution in [0.5, 0.6) is 11.5 Å². The van der Waals surface area contributed by atoms with Gasteiger partial charge in [-0.05, 0) is 43.2 Å². The molecule has 0 aliphatic carbocycles. The molecule has 0 unspecified atom stereocenters. The lowest BCUT2D eigenvalue weighted by molar-refractivity contribution is -0.120. The van der Waals surface area contributed by atoms with Crippen molar-refractivity contribution in [1.82, 2.24) is 15.6 Å². The number of nitrogen functional groups attached to an aromatic ring is 1. The fourth-order valence-electron chi connectivity index (χ4n) is 2.71. The topological polar surface area (TPSA) is 112 Å². The van der Waals surface area contributed by atoms with E-state index in [0.29, 0.717) is 29.1 Å². The summed E-state index contributed by atoms with van der Waals surface area (Å²) < 4.78 is 11.7. The molecule has 0 spiro atoms. The normalized spacial score (nSPS) is 10.9. The number of hydrazone groups is 1. The summed E-state index contributed by atoms with van der Waals surface area (Å²) in [6.07, 6.45) is 2.36. The van der Waals surface area contributed by atoms with Crippen molar-refractivity contribution in [2.24, 2.45) is 5.10 Å². The molecule has 0 bridgehead atoms. The first kappa shape index (κ1) is 22.2. The lowest BCUT2D eigenvalue weighted by Gasteiger charge is -2.12. The van der Waals surface area contributed by atoms with Crippen LogP contribution in [0.1, 0.15) is 28.1 Å². The molecule has 0 saturated carbocycles. The summed E-state index contributed by atoms with van der Waals surface area (Å²) in [6, 6.07) is 13.5. The van der Waals surface area contributed by atoms with E-state index < -0.39 is 0 Å². The van der Waals surface area contributed by atoms with Crippen molar-refractivity contribution in [2.75, 3.05) is 18.9 Å². The molecule has 0 saturated heterocycles. The van der Waals surface area contributed by atoms with Gasteiger partial charge in [-0.25, -0.2) is 5.43 Å². The molecule has 31 heavy (non-hydrogen) atoms. The third kappa shape index (κ3) is 6.78. The number of ether oxygens (including phenoxy) is 2. The highest BCUT2D eigenvalue weighted by Crippen LogP contribution is 2.21. The first-order valence-electron chi connectivity index (χ1n) is 9.83. The van der Waals surface area contributed by atoms with Gasteiger partial charge in [0.05, 0.1) is 25.8 Å². The Labute approximate surface area is 185 Å². The predicted molar refractivity (Wildman–Crippen MR) is 122 cm³/mol. The third-order valence-corrected chi connectivity index (χ3v) is 5.22. The number of carbonyl (C=O) groups is 1. The van der Waals surface area contributed by atoms with E-state index in [1.54, 1.807) is 6.21 Å². The number of aromatic nitrogens is 2. The van der Waals surface area contributed by atoms with Crippen molar-refractivity contribution in [3.63, 3.8) is 0 Å². The van der Waals surface area contributed by atoms with Crippen molar-refractivity contribution in [3.05, 3.63) is 64.2 Å². The molecule has 0 radical (unpaired) electrons. The number of rotatable bonds is 10. The molecule has 0 fully saturated rings. The average molecular weight is 440 g/mol. The minimum atomic E-state index is -0.297. The van der Waals surface area contributed by atoms with E-state index in [1.165, 1.54) is 16.9 Å². The van der Waals surface area contributed by atoms with Gasteiger partial charge in [0, 0.05) is 12.0 Å². The number of para-hydroxylation sites is 1. The van der Waals surface area contributed by atoms with Crippen molar-refractivity contribution >= 4 is 28.6 Å². The van der Waals surface area contributed by atoms with E-state index >= 15 is 0 Å². The summed E-state index contributed by atoms with van der Waals surface area (Å²) in [5.74, 6) is 1.29. The van der Waals surface area contributed by atoms with E-state index in [-0.39, 0.29) is 12.3 Å². The second kappa shape index (κ2) is 11.1. The maximum absolute atomic E-state index is 11.9. The van der Waals surface area contributed by atoms with Crippen LogP contribution in [0.4, 0.5) is 5.13 Å². The van der Waals surface area contributed by atoms with Crippen LogP contribution in [0.3, 0.4) is 0 Å². The number of hydrogen-bond acceptors (Lipinski definition) is 8. The quantitative estimate of drug-likeness (QED) is 0.285. The third-order valence-electron chi connectivity index (χ3n) is 4.46. The number of nitrogens with zero attached hydrogens (tertiary/aromatic N) is 3. The molecular weight excluding hydrogens is 414 g/mol. The first-order chi connectivity index (χ1) is 15.0. The highest BCUT2D eigenvalue weighted by molar-refractivity contribution is 7.15. The fourth-order valence-corrected chi connectivity index (χ4v) is 3.32. The Balaban J connectivity index is 1.44. The fraction of sp³-hybridized carbons (Fsp3) is 0.273. The Morgan fingerprint density at radius 1 is 1.10 bits per heavy atom. The predicted octanol–water partition coefficient (Wildman–Crippen LogP) is 3.28. The van der Waals surface area contributed by atoms with Crippen LogP contribution in [0.2, 0.25) is 0 Å². The highest BCUT2D eigenvalue weighted by Gasteiger charge is 2.07. The molecule has 9 heteroatoms. The number of amides is 1. The van der Waals surface area contributed by atoms with Crippen LogP contribution in [-0.4, -0.2) is 35.5 Å². The molecule has 3 aromatic rings. The second-order valence-electron chi connectivity index (χ2n) is 6.79. The molecule has 2 aromatic carbocycles. The summed E-state index contributed by atoms with van der Waals surface area (Å²) in [4.78, 5) is 11.9. The standard InChI is InChI=1S/C22H25N5O3S/c1-15-7-5-10-18(16(15)2)29-11-6-12-30-19-9-4-3-8-17(19)14-24-25-20(28)13-21-26-27-22(23)31-21/h3-5,7-10,14H,6,11-13H2,1-2H3,(H2,23,27)(H,25,28)/b24-14-. The van der Waals surface area contributed by atoms with Crippen molar-refractivity contribution in [3.8, 4) is 11.5 Å². The van der Waals surface area contributed by atoms with Crippen LogP contribution in [-0.2, 0) is 11.2 Å². The smallest absolute Gasteiger partial charge is 0.247 e. The Hall–Kier alpha value is -3.46. The van der Waals surface area contributed by atoms with Crippen LogP contribution >= 0.6 is 11.3 Å². The number of nitrogens with two attached hydrogens (primary N) is 1. The largest absolute Gasteiger partial charge is 0.493 e. The van der Waals surface area contributed by atoms with Gasteiger partial charge in [0.15, 0.2) is 0 Å². The van der Waals surface area contributed by atoms with Crippen LogP contribution < -0.4 is 20.6 Å². The van der Waals surface area contributed by atoms with E-state index in [4.69, 9.17) is 15.2 Å². The van der Waals surface area contributed by atoms with Crippen LogP contribution in [0.15, 0.2) is 47.6 Å². The summed E-state index contributed by atoms with van der Waals surface area (Å²) in [5, 5.41) is 12.4. The van der Waals surface area contributed by atoms with Crippen molar-refractivity contribution in [2.45, 2.75) is 26.7 Å².